The Bertz CT molecular complexity index is 640. The largest absolute Gasteiger partial charge is 0.341 e. The minimum absolute atomic E-state index is 0.0405. The number of likely N-dealkylation sites (N-methyl/N-ethyl adjacent to an activating group) is 1. The number of benzene rings is 2. The molecule has 2 rings (SSSR count). The van der Waals surface area contributed by atoms with Crippen LogP contribution in [0.4, 0.5) is 8.78 Å². The monoisotopic (exact) mass is 309 g/mol. The molecule has 0 radical (unpaired) electrons. The Hall–Kier alpha value is -1.94. The molecule has 2 aromatic rings. The van der Waals surface area contributed by atoms with E-state index in [4.69, 9.17) is 11.6 Å². The molecule has 0 saturated heterocycles. The van der Waals surface area contributed by atoms with Gasteiger partial charge in [-0.2, -0.15) is 0 Å². The summed E-state index contributed by atoms with van der Waals surface area (Å²) in [5.41, 5.74) is 0.567. The molecule has 0 saturated carbocycles. The Balaban J connectivity index is 2.08. The van der Waals surface area contributed by atoms with Crippen molar-refractivity contribution in [2.45, 2.75) is 13.0 Å². The van der Waals surface area contributed by atoms with Crippen LogP contribution in [0.1, 0.15) is 11.1 Å². The fraction of sp³-hybridized carbons (Fsp3) is 0.188. The number of nitrogens with zero attached hydrogens (tertiary/aromatic N) is 1. The highest BCUT2D eigenvalue weighted by Crippen LogP contribution is 2.20. The molecule has 0 bridgehead atoms. The third kappa shape index (κ3) is 3.79. The van der Waals surface area contributed by atoms with Gasteiger partial charge in [0, 0.05) is 24.2 Å². The molecule has 5 heteroatoms. The Labute approximate surface area is 127 Å². The highest BCUT2D eigenvalue weighted by Gasteiger charge is 2.15. The number of hydrogen-bond donors (Lipinski definition) is 0. The molecule has 2 nitrogen and oxygen atoms in total. The van der Waals surface area contributed by atoms with Gasteiger partial charge in [-0.15, -0.1) is 0 Å². The zero-order chi connectivity index (χ0) is 15.4. The summed E-state index contributed by atoms with van der Waals surface area (Å²) in [5, 5.41) is 0.264. The van der Waals surface area contributed by atoms with Crippen molar-refractivity contribution in [2.75, 3.05) is 7.05 Å². The number of rotatable bonds is 4. The molecule has 1 amide bonds. The molecule has 0 atom stereocenters. The zero-order valence-corrected chi connectivity index (χ0v) is 12.2. The van der Waals surface area contributed by atoms with Gasteiger partial charge in [0.2, 0.25) is 5.91 Å². The smallest absolute Gasteiger partial charge is 0.227 e. The summed E-state index contributed by atoms with van der Waals surface area (Å²) in [6.07, 6.45) is -0.0742. The Morgan fingerprint density at radius 2 is 1.76 bits per heavy atom. The molecule has 110 valence electrons. The van der Waals surface area contributed by atoms with Crippen LogP contribution in [0.25, 0.3) is 0 Å². The molecule has 21 heavy (non-hydrogen) atoms. The summed E-state index contributed by atoms with van der Waals surface area (Å²) in [7, 11) is 1.53. The lowest BCUT2D eigenvalue weighted by Crippen LogP contribution is -2.28. The van der Waals surface area contributed by atoms with Gasteiger partial charge in [0.1, 0.15) is 11.6 Å². The van der Waals surface area contributed by atoms with Crippen molar-refractivity contribution in [3.05, 3.63) is 70.2 Å². The third-order valence-corrected chi connectivity index (χ3v) is 3.54. The van der Waals surface area contributed by atoms with Crippen LogP contribution in [-0.2, 0) is 17.8 Å². The predicted molar refractivity (Wildman–Crippen MR) is 78.0 cm³/mol. The first-order valence-electron chi connectivity index (χ1n) is 6.39. The van der Waals surface area contributed by atoms with Crippen LogP contribution in [0.3, 0.4) is 0 Å². The van der Waals surface area contributed by atoms with Crippen molar-refractivity contribution in [1.82, 2.24) is 4.90 Å². The van der Waals surface area contributed by atoms with Gasteiger partial charge in [-0.3, -0.25) is 4.79 Å². The molecule has 0 heterocycles. The zero-order valence-electron chi connectivity index (χ0n) is 11.4. The van der Waals surface area contributed by atoms with E-state index in [0.29, 0.717) is 5.56 Å². The molecule has 0 unspecified atom stereocenters. The average molecular weight is 310 g/mol. The van der Waals surface area contributed by atoms with Crippen LogP contribution in [0.2, 0.25) is 5.02 Å². The van der Waals surface area contributed by atoms with Crippen LogP contribution in [0.15, 0.2) is 42.5 Å². The number of carbonyl (C=O) groups excluding carboxylic acids is 1. The fourth-order valence-electron chi connectivity index (χ4n) is 1.95. The van der Waals surface area contributed by atoms with Gasteiger partial charge in [-0.05, 0) is 23.8 Å². The van der Waals surface area contributed by atoms with Crippen molar-refractivity contribution < 1.29 is 13.6 Å². The maximum Gasteiger partial charge on any atom is 0.227 e. The second-order valence-corrected chi connectivity index (χ2v) is 5.13. The maximum atomic E-state index is 13.7. The number of carbonyl (C=O) groups is 1. The van der Waals surface area contributed by atoms with Crippen molar-refractivity contribution in [3.8, 4) is 0 Å². The lowest BCUT2D eigenvalue weighted by atomic mass is 10.1. The van der Waals surface area contributed by atoms with Crippen LogP contribution >= 0.6 is 11.6 Å². The van der Waals surface area contributed by atoms with Crippen molar-refractivity contribution >= 4 is 17.5 Å². The molecule has 0 spiro atoms. The summed E-state index contributed by atoms with van der Waals surface area (Å²) in [5.74, 6) is -1.20. The first-order chi connectivity index (χ1) is 9.99. The molecule has 0 aromatic heterocycles. The lowest BCUT2D eigenvalue weighted by molar-refractivity contribution is -0.129. The van der Waals surface area contributed by atoms with Gasteiger partial charge < -0.3 is 4.90 Å². The summed E-state index contributed by atoms with van der Waals surface area (Å²) in [6, 6.07) is 10.4. The summed E-state index contributed by atoms with van der Waals surface area (Å²) in [6.45, 7) is 0.0405. The van der Waals surface area contributed by atoms with E-state index in [0.717, 1.165) is 0 Å². The lowest BCUT2D eigenvalue weighted by Gasteiger charge is -2.18. The first kappa shape index (κ1) is 15.4. The van der Waals surface area contributed by atoms with E-state index >= 15 is 0 Å². The van der Waals surface area contributed by atoms with E-state index < -0.39 is 11.6 Å². The number of amides is 1. The number of halogens is 3. The van der Waals surface area contributed by atoms with Crippen molar-refractivity contribution in [1.29, 1.82) is 0 Å². The van der Waals surface area contributed by atoms with Crippen molar-refractivity contribution in [3.63, 3.8) is 0 Å². The first-order valence-corrected chi connectivity index (χ1v) is 6.77. The van der Waals surface area contributed by atoms with Gasteiger partial charge in [-0.1, -0.05) is 35.9 Å². The highest BCUT2D eigenvalue weighted by molar-refractivity contribution is 6.31. The van der Waals surface area contributed by atoms with E-state index in [9.17, 15) is 13.6 Å². The van der Waals surface area contributed by atoms with Crippen LogP contribution in [0, 0.1) is 11.6 Å². The summed E-state index contributed by atoms with van der Waals surface area (Å²) >= 11 is 5.93. The van der Waals surface area contributed by atoms with E-state index in [2.05, 4.69) is 0 Å². The standard InChI is InChI=1S/C16H14ClF2NO/c1-20(10-12-13(17)6-4-8-15(12)19)16(21)9-11-5-2-3-7-14(11)18/h2-8H,9-10H2,1H3. The Morgan fingerprint density at radius 3 is 2.43 bits per heavy atom. The molecule has 0 aliphatic carbocycles. The highest BCUT2D eigenvalue weighted by atomic mass is 35.5. The molecule has 0 N–H and O–H groups in total. The molecule has 0 aliphatic heterocycles. The van der Waals surface area contributed by atoms with Crippen molar-refractivity contribution in [2.24, 2.45) is 0 Å². The third-order valence-electron chi connectivity index (χ3n) is 3.18. The molecule has 0 fully saturated rings. The fourth-order valence-corrected chi connectivity index (χ4v) is 2.17. The normalized spacial score (nSPS) is 10.5. The van der Waals surface area contributed by atoms with E-state index in [1.54, 1.807) is 24.3 Å². The quantitative estimate of drug-likeness (QED) is 0.841. The molecular formula is C16H14ClF2NO. The minimum Gasteiger partial charge on any atom is -0.341 e. The molecular weight excluding hydrogens is 296 g/mol. The van der Waals surface area contributed by atoms with Crippen LogP contribution in [0.5, 0.6) is 0 Å². The Morgan fingerprint density at radius 1 is 1.10 bits per heavy atom. The van der Waals surface area contributed by atoms with Crippen LogP contribution < -0.4 is 0 Å². The summed E-state index contributed by atoms with van der Waals surface area (Å²) in [4.78, 5) is 13.4. The van der Waals surface area contributed by atoms with Gasteiger partial charge in [0.25, 0.3) is 0 Å². The average Bonchev–Trinajstić information content (AvgIpc) is 2.45. The summed E-state index contributed by atoms with van der Waals surface area (Å²) < 4.78 is 27.2. The predicted octanol–water partition coefficient (Wildman–Crippen LogP) is 3.82. The molecule has 0 aliphatic rings. The minimum atomic E-state index is -0.465. The number of hydrogen-bond acceptors (Lipinski definition) is 1. The topological polar surface area (TPSA) is 20.3 Å². The SMILES string of the molecule is CN(Cc1c(F)cccc1Cl)C(=O)Cc1ccccc1F. The van der Waals surface area contributed by atoms with E-state index in [-0.39, 0.29) is 29.5 Å². The van der Waals surface area contributed by atoms with Gasteiger partial charge in [-0.25, -0.2) is 8.78 Å². The second kappa shape index (κ2) is 6.68. The van der Waals surface area contributed by atoms with E-state index in [1.165, 1.54) is 30.1 Å². The molecule has 2 aromatic carbocycles. The maximum absolute atomic E-state index is 13.7. The van der Waals surface area contributed by atoms with Gasteiger partial charge >= 0.3 is 0 Å². The van der Waals surface area contributed by atoms with Crippen LogP contribution in [-0.4, -0.2) is 17.9 Å². The van der Waals surface area contributed by atoms with Gasteiger partial charge in [0.15, 0.2) is 0 Å². The Kier molecular flexibility index (Phi) is 4.91. The second-order valence-electron chi connectivity index (χ2n) is 4.72. The van der Waals surface area contributed by atoms with E-state index in [1.807, 2.05) is 0 Å². The van der Waals surface area contributed by atoms with Gasteiger partial charge in [0.05, 0.1) is 6.42 Å².